The van der Waals surface area contributed by atoms with Crippen LogP contribution in [-0.2, 0) is 11.2 Å². The van der Waals surface area contributed by atoms with Gasteiger partial charge in [-0.05, 0) is 42.0 Å². The van der Waals surface area contributed by atoms with Gasteiger partial charge < -0.3 is 19.6 Å². The molecule has 1 aromatic heterocycles. The Morgan fingerprint density at radius 2 is 1.96 bits per heavy atom. The zero-order valence-electron chi connectivity index (χ0n) is 13.2. The number of ether oxygens (including phenoxy) is 2. The number of nitrogens with one attached hydrogen (secondary N) is 1. The van der Waals surface area contributed by atoms with Crippen LogP contribution in [-0.4, -0.2) is 30.3 Å². The Kier molecular flexibility index (Phi) is 4.36. The standard InChI is InChI=1S/C18H16ClNO4/c1-23-11-4-5-15-12(8-11)13(9-17(21)22)18(20-15)14-7-10(19)3-6-16(14)24-2/h3-8,20H,9H2,1-2H3,(H,21,22). The van der Waals surface area contributed by atoms with E-state index in [1.165, 1.54) is 0 Å². The average molecular weight is 346 g/mol. The fourth-order valence-corrected chi connectivity index (χ4v) is 2.97. The molecule has 2 aromatic carbocycles. The summed E-state index contributed by atoms with van der Waals surface area (Å²) >= 11 is 6.12. The van der Waals surface area contributed by atoms with Crippen LogP contribution >= 0.6 is 11.6 Å². The van der Waals surface area contributed by atoms with Gasteiger partial charge in [-0.1, -0.05) is 11.6 Å². The van der Waals surface area contributed by atoms with Crippen LogP contribution in [0.5, 0.6) is 11.5 Å². The minimum atomic E-state index is -0.916. The van der Waals surface area contributed by atoms with E-state index < -0.39 is 5.97 Å². The van der Waals surface area contributed by atoms with E-state index in [1.54, 1.807) is 32.4 Å². The first kappa shape index (κ1) is 16.2. The number of hydrogen-bond donors (Lipinski definition) is 2. The molecule has 0 atom stereocenters. The van der Waals surface area contributed by atoms with Crippen LogP contribution in [0.4, 0.5) is 0 Å². The summed E-state index contributed by atoms with van der Waals surface area (Å²) in [6, 6.07) is 10.8. The highest BCUT2D eigenvalue weighted by Gasteiger charge is 2.19. The lowest BCUT2D eigenvalue weighted by atomic mass is 10.0. The Hall–Kier alpha value is -2.66. The third-order valence-corrected chi connectivity index (χ3v) is 4.11. The van der Waals surface area contributed by atoms with E-state index in [0.717, 1.165) is 16.5 Å². The molecule has 0 bridgehead atoms. The molecule has 24 heavy (non-hydrogen) atoms. The Bertz CT molecular complexity index is 917. The molecule has 5 nitrogen and oxygen atoms in total. The van der Waals surface area contributed by atoms with Gasteiger partial charge >= 0.3 is 5.97 Å². The van der Waals surface area contributed by atoms with Crippen molar-refractivity contribution in [3.63, 3.8) is 0 Å². The number of carboxylic acids is 1. The number of benzene rings is 2. The van der Waals surface area contributed by atoms with Gasteiger partial charge in [-0.25, -0.2) is 0 Å². The van der Waals surface area contributed by atoms with Crippen LogP contribution in [0.25, 0.3) is 22.2 Å². The van der Waals surface area contributed by atoms with Gasteiger partial charge in [0.05, 0.1) is 26.3 Å². The summed E-state index contributed by atoms with van der Waals surface area (Å²) in [4.78, 5) is 14.6. The van der Waals surface area contributed by atoms with Gasteiger partial charge in [-0.15, -0.1) is 0 Å². The first-order valence-corrected chi connectivity index (χ1v) is 7.65. The maximum absolute atomic E-state index is 11.4. The van der Waals surface area contributed by atoms with Crippen molar-refractivity contribution in [2.24, 2.45) is 0 Å². The number of halogens is 1. The second kappa shape index (κ2) is 6.45. The SMILES string of the molecule is COc1ccc2[nH]c(-c3cc(Cl)ccc3OC)c(CC(=O)O)c2c1. The van der Waals surface area contributed by atoms with E-state index in [2.05, 4.69) is 4.98 Å². The fraction of sp³-hybridized carbons (Fsp3) is 0.167. The summed E-state index contributed by atoms with van der Waals surface area (Å²) in [6.07, 6.45) is -0.127. The maximum atomic E-state index is 11.4. The third kappa shape index (κ3) is 2.90. The van der Waals surface area contributed by atoms with Crippen molar-refractivity contribution in [2.75, 3.05) is 14.2 Å². The molecule has 3 aromatic rings. The summed E-state index contributed by atoms with van der Waals surface area (Å²) in [7, 11) is 3.14. The van der Waals surface area contributed by atoms with Gasteiger partial charge in [0.25, 0.3) is 0 Å². The second-order valence-electron chi connectivity index (χ2n) is 5.31. The van der Waals surface area contributed by atoms with Gasteiger partial charge in [0, 0.05) is 21.5 Å². The van der Waals surface area contributed by atoms with Crippen LogP contribution in [0.3, 0.4) is 0 Å². The summed E-state index contributed by atoms with van der Waals surface area (Å²) < 4.78 is 10.7. The zero-order valence-corrected chi connectivity index (χ0v) is 14.0. The van der Waals surface area contributed by atoms with Gasteiger partial charge in [0.2, 0.25) is 0 Å². The van der Waals surface area contributed by atoms with Crippen LogP contribution in [0.1, 0.15) is 5.56 Å². The number of aromatic amines is 1. The first-order valence-electron chi connectivity index (χ1n) is 7.27. The van der Waals surface area contributed by atoms with Crippen LogP contribution in [0, 0.1) is 0 Å². The van der Waals surface area contributed by atoms with Gasteiger partial charge in [-0.3, -0.25) is 4.79 Å². The summed E-state index contributed by atoms with van der Waals surface area (Å²) in [6.45, 7) is 0. The van der Waals surface area contributed by atoms with Crippen molar-refractivity contribution in [2.45, 2.75) is 6.42 Å². The molecule has 0 saturated carbocycles. The molecule has 0 aliphatic carbocycles. The molecule has 2 N–H and O–H groups in total. The van der Waals surface area contributed by atoms with Gasteiger partial charge in [0.1, 0.15) is 11.5 Å². The van der Waals surface area contributed by atoms with Gasteiger partial charge in [0.15, 0.2) is 0 Å². The number of aromatic nitrogens is 1. The van der Waals surface area contributed by atoms with Crippen molar-refractivity contribution >= 4 is 28.5 Å². The highest BCUT2D eigenvalue weighted by molar-refractivity contribution is 6.31. The van der Waals surface area contributed by atoms with Crippen LogP contribution in [0.15, 0.2) is 36.4 Å². The number of carboxylic acid groups (broad SMARTS) is 1. The molecule has 0 unspecified atom stereocenters. The van der Waals surface area contributed by atoms with E-state index in [9.17, 15) is 9.90 Å². The molecule has 0 aliphatic rings. The van der Waals surface area contributed by atoms with E-state index >= 15 is 0 Å². The molecule has 1 heterocycles. The second-order valence-corrected chi connectivity index (χ2v) is 5.74. The Morgan fingerprint density at radius 3 is 2.62 bits per heavy atom. The van der Waals surface area contributed by atoms with Crippen molar-refractivity contribution in [3.05, 3.63) is 47.0 Å². The number of H-pyrrole nitrogens is 1. The topological polar surface area (TPSA) is 71.5 Å². The molecule has 0 radical (unpaired) electrons. The lowest BCUT2D eigenvalue weighted by Crippen LogP contribution is -2.01. The molecule has 3 rings (SSSR count). The first-order chi connectivity index (χ1) is 11.5. The maximum Gasteiger partial charge on any atom is 0.307 e. The Morgan fingerprint density at radius 1 is 1.17 bits per heavy atom. The number of methoxy groups -OCH3 is 2. The van der Waals surface area contributed by atoms with Gasteiger partial charge in [-0.2, -0.15) is 0 Å². The lowest BCUT2D eigenvalue weighted by Gasteiger charge is -2.09. The minimum Gasteiger partial charge on any atom is -0.497 e. The fourth-order valence-electron chi connectivity index (χ4n) is 2.79. The zero-order chi connectivity index (χ0) is 17.3. The van der Waals surface area contributed by atoms with E-state index in [4.69, 9.17) is 21.1 Å². The normalized spacial score (nSPS) is 10.8. The quantitative estimate of drug-likeness (QED) is 0.729. The van der Waals surface area contributed by atoms with Crippen molar-refractivity contribution < 1.29 is 19.4 Å². The molecule has 0 fully saturated rings. The largest absolute Gasteiger partial charge is 0.497 e. The van der Waals surface area contributed by atoms with E-state index in [-0.39, 0.29) is 6.42 Å². The third-order valence-electron chi connectivity index (χ3n) is 3.87. The molecule has 0 aliphatic heterocycles. The van der Waals surface area contributed by atoms with Crippen LogP contribution < -0.4 is 9.47 Å². The highest BCUT2D eigenvalue weighted by Crippen LogP contribution is 2.38. The molecular weight excluding hydrogens is 330 g/mol. The molecule has 124 valence electrons. The van der Waals surface area contributed by atoms with E-state index in [1.807, 2.05) is 18.2 Å². The molecule has 0 spiro atoms. The molecule has 0 amide bonds. The summed E-state index contributed by atoms with van der Waals surface area (Å²) in [5.41, 5.74) is 2.89. The van der Waals surface area contributed by atoms with Crippen molar-refractivity contribution in [3.8, 4) is 22.8 Å². The average Bonchev–Trinajstić information content (AvgIpc) is 2.91. The Balaban J connectivity index is 2.31. The predicted molar refractivity (Wildman–Crippen MR) is 93.2 cm³/mol. The molecular formula is C18H16ClNO4. The number of fused-ring (bicyclic) bond motifs is 1. The molecule has 6 heteroatoms. The smallest absolute Gasteiger partial charge is 0.307 e. The summed E-state index contributed by atoms with van der Waals surface area (Å²) in [5.74, 6) is 0.364. The Labute approximate surface area is 143 Å². The minimum absolute atomic E-state index is 0.127. The monoisotopic (exact) mass is 345 g/mol. The van der Waals surface area contributed by atoms with Crippen LogP contribution in [0.2, 0.25) is 5.02 Å². The molecule has 0 saturated heterocycles. The van der Waals surface area contributed by atoms with Crippen molar-refractivity contribution in [1.29, 1.82) is 0 Å². The number of aliphatic carboxylic acids is 1. The number of rotatable bonds is 5. The number of hydrogen-bond acceptors (Lipinski definition) is 3. The predicted octanol–water partition coefficient (Wildman–Crippen LogP) is 4.13. The van der Waals surface area contributed by atoms with E-state index in [0.29, 0.717) is 27.8 Å². The highest BCUT2D eigenvalue weighted by atomic mass is 35.5. The summed E-state index contributed by atoms with van der Waals surface area (Å²) in [5, 5.41) is 10.7. The van der Waals surface area contributed by atoms with Crippen molar-refractivity contribution in [1.82, 2.24) is 4.98 Å². The number of carbonyl (C=O) groups is 1. The lowest BCUT2D eigenvalue weighted by molar-refractivity contribution is -0.136.